The Morgan fingerprint density at radius 3 is 2.33 bits per heavy atom. The number of halogens is 1. The summed E-state index contributed by atoms with van der Waals surface area (Å²) >= 11 is 6.10. The van der Waals surface area contributed by atoms with Crippen LogP contribution in [0.2, 0.25) is 5.02 Å². The predicted molar refractivity (Wildman–Crippen MR) is 75.7 cm³/mol. The maximum absolute atomic E-state index is 6.10. The van der Waals surface area contributed by atoms with Crippen LogP contribution in [0.25, 0.3) is 0 Å². The van der Waals surface area contributed by atoms with E-state index in [2.05, 4.69) is 29.2 Å². The highest BCUT2D eigenvalue weighted by molar-refractivity contribution is 6.30. The summed E-state index contributed by atoms with van der Waals surface area (Å²) in [5.74, 6) is 0. The molecule has 1 aliphatic rings. The van der Waals surface area contributed by atoms with Crippen LogP contribution in [0.1, 0.15) is 16.7 Å². The molecular formula is C15H15ClN2. The fourth-order valence-electron chi connectivity index (χ4n) is 2.51. The minimum Gasteiger partial charge on any atom is -0.363 e. The summed E-state index contributed by atoms with van der Waals surface area (Å²) in [4.78, 5) is 2.33. The second-order valence-electron chi connectivity index (χ2n) is 4.60. The van der Waals surface area contributed by atoms with Crippen LogP contribution in [-0.4, -0.2) is 0 Å². The van der Waals surface area contributed by atoms with Crippen molar-refractivity contribution in [2.45, 2.75) is 19.6 Å². The molecule has 2 N–H and O–H groups in total. The summed E-state index contributed by atoms with van der Waals surface area (Å²) in [6, 6.07) is 14.5. The Bertz CT molecular complexity index is 555. The number of nitrogens with zero attached hydrogens (tertiary/aromatic N) is 1. The Morgan fingerprint density at radius 2 is 1.72 bits per heavy atom. The third-order valence-corrected chi connectivity index (χ3v) is 3.68. The first-order valence-corrected chi connectivity index (χ1v) is 6.46. The summed E-state index contributed by atoms with van der Waals surface area (Å²) < 4.78 is 0. The van der Waals surface area contributed by atoms with E-state index in [0.717, 1.165) is 29.4 Å². The van der Waals surface area contributed by atoms with Crippen LogP contribution in [-0.2, 0) is 19.6 Å². The molecule has 1 heterocycles. The largest absolute Gasteiger partial charge is 0.363 e. The number of benzene rings is 2. The number of rotatable bonds is 2. The van der Waals surface area contributed by atoms with Crippen molar-refractivity contribution in [1.82, 2.24) is 0 Å². The van der Waals surface area contributed by atoms with Gasteiger partial charge in [0.2, 0.25) is 0 Å². The van der Waals surface area contributed by atoms with E-state index >= 15 is 0 Å². The number of hydrogen-bond acceptors (Lipinski definition) is 2. The van der Waals surface area contributed by atoms with Crippen LogP contribution in [0.5, 0.6) is 0 Å². The van der Waals surface area contributed by atoms with E-state index in [9.17, 15) is 0 Å². The Balaban J connectivity index is 1.97. The van der Waals surface area contributed by atoms with Crippen molar-refractivity contribution >= 4 is 17.3 Å². The van der Waals surface area contributed by atoms with E-state index in [1.165, 1.54) is 11.1 Å². The van der Waals surface area contributed by atoms with Gasteiger partial charge in [-0.3, -0.25) is 0 Å². The minimum atomic E-state index is 0.541. The predicted octanol–water partition coefficient (Wildman–Crippen LogP) is 3.32. The second-order valence-corrected chi connectivity index (χ2v) is 5.04. The van der Waals surface area contributed by atoms with E-state index in [1.54, 1.807) is 0 Å². The Kier molecular flexibility index (Phi) is 2.98. The van der Waals surface area contributed by atoms with Crippen molar-refractivity contribution in [2.24, 2.45) is 5.73 Å². The molecule has 0 unspecified atom stereocenters. The van der Waals surface area contributed by atoms with Gasteiger partial charge in [0.25, 0.3) is 0 Å². The van der Waals surface area contributed by atoms with E-state index in [4.69, 9.17) is 17.3 Å². The van der Waals surface area contributed by atoms with Gasteiger partial charge >= 0.3 is 0 Å². The topological polar surface area (TPSA) is 29.3 Å². The molecule has 2 aromatic rings. The maximum atomic E-state index is 6.10. The van der Waals surface area contributed by atoms with Crippen LogP contribution in [0.15, 0.2) is 42.5 Å². The lowest BCUT2D eigenvalue weighted by Crippen LogP contribution is -2.17. The molecule has 2 nitrogen and oxygen atoms in total. The smallest absolute Gasteiger partial charge is 0.0436 e. The summed E-state index contributed by atoms with van der Waals surface area (Å²) in [7, 11) is 0. The Labute approximate surface area is 112 Å². The van der Waals surface area contributed by atoms with Gasteiger partial charge in [0.1, 0.15) is 0 Å². The zero-order chi connectivity index (χ0) is 12.5. The molecule has 0 radical (unpaired) electrons. The number of fused-ring (bicyclic) bond motifs is 1. The van der Waals surface area contributed by atoms with E-state index in [-0.39, 0.29) is 0 Å². The molecule has 18 heavy (non-hydrogen) atoms. The van der Waals surface area contributed by atoms with Crippen molar-refractivity contribution in [1.29, 1.82) is 0 Å². The van der Waals surface area contributed by atoms with Gasteiger partial charge in [-0.05, 0) is 28.8 Å². The highest BCUT2D eigenvalue weighted by Crippen LogP contribution is 2.32. The van der Waals surface area contributed by atoms with Gasteiger partial charge in [0.15, 0.2) is 0 Å². The first kappa shape index (κ1) is 11.6. The van der Waals surface area contributed by atoms with Crippen LogP contribution >= 0.6 is 11.6 Å². The van der Waals surface area contributed by atoms with Gasteiger partial charge in [-0.2, -0.15) is 0 Å². The van der Waals surface area contributed by atoms with Gasteiger partial charge in [-0.1, -0.05) is 41.9 Å². The third kappa shape index (κ3) is 1.98. The maximum Gasteiger partial charge on any atom is 0.0436 e. The summed E-state index contributed by atoms with van der Waals surface area (Å²) in [5, 5.41) is 0.762. The zero-order valence-electron chi connectivity index (χ0n) is 10.1. The molecule has 0 spiro atoms. The SMILES string of the molecule is NCc1ccc(Cl)cc1N1Cc2ccccc2C1. The Morgan fingerprint density at radius 1 is 1.06 bits per heavy atom. The highest BCUT2D eigenvalue weighted by Gasteiger charge is 2.20. The molecule has 92 valence electrons. The standard InChI is InChI=1S/C15H15ClN2/c16-14-6-5-11(8-17)15(7-14)18-9-12-3-1-2-4-13(12)10-18/h1-7H,8-10,17H2. The van der Waals surface area contributed by atoms with Crippen molar-refractivity contribution in [3.63, 3.8) is 0 Å². The fourth-order valence-corrected chi connectivity index (χ4v) is 2.67. The van der Waals surface area contributed by atoms with Crippen molar-refractivity contribution < 1.29 is 0 Å². The van der Waals surface area contributed by atoms with Crippen LogP contribution in [0.3, 0.4) is 0 Å². The van der Waals surface area contributed by atoms with Crippen molar-refractivity contribution in [2.75, 3.05) is 4.90 Å². The lowest BCUT2D eigenvalue weighted by atomic mass is 10.1. The quantitative estimate of drug-likeness (QED) is 0.895. The van der Waals surface area contributed by atoms with Crippen LogP contribution in [0.4, 0.5) is 5.69 Å². The van der Waals surface area contributed by atoms with E-state index in [0.29, 0.717) is 6.54 Å². The summed E-state index contributed by atoms with van der Waals surface area (Å²) in [6.45, 7) is 2.41. The van der Waals surface area contributed by atoms with Gasteiger partial charge in [-0.15, -0.1) is 0 Å². The lowest BCUT2D eigenvalue weighted by molar-refractivity contribution is 0.865. The summed E-state index contributed by atoms with van der Waals surface area (Å²) in [6.07, 6.45) is 0. The van der Waals surface area contributed by atoms with Crippen LogP contribution < -0.4 is 10.6 Å². The molecule has 1 aliphatic heterocycles. The molecule has 3 heteroatoms. The number of hydrogen-bond donors (Lipinski definition) is 1. The average Bonchev–Trinajstić information content (AvgIpc) is 2.82. The Hall–Kier alpha value is -1.51. The van der Waals surface area contributed by atoms with Gasteiger partial charge in [-0.25, -0.2) is 0 Å². The summed E-state index contributed by atoms with van der Waals surface area (Å²) in [5.41, 5.74) is 10.9. The van der Waals surface area contributed by atoms with Crippen molar-refractivity contribution in [3.8, 4) is 0 Å². The highest BCUT2D eigenvalue weighted by atomic mass is 35.5. The molecule has 0 bridgehead atoms. The molecule has 0 aromatic heterocycles. The molecule has 3 rings (SSSR count). The van der Waals surface area contributed by atoms with Gasteiger partial charge in [0.05, 0.1) is 0 Å². The van der Waals surface area contributed by atoms with Gasteiger partial charge in [0, 0.05) is 30.3 Å². The minimum absolute atomic E-state index is 0.541. The molecule has 0 atom stereocenters. The fraction of sp³-hybridized carbons (Fsp3) is 0.200. The molecule has 0 saturated heterocycles. The molecule has 0 amide bonds. The zero-order valence-corrected chi connectivity index (χ0v) is 10.8. The second kappa shape index (κ2) is 4.63. The van der Waals surface area contributed by atoms with Crippen molar-refractivity contribution in [3.05, 3.63) is 64.2 Å². The molecule has 0 fully saturated rings. The normalized spacial score (nSPS) is 13.8. The monoisotopic (exact) mass is 258 g/mol. The van der Waals surface area contributed by atoms with E-state index in [1.807, 2.05) is 18.2 Å². The molecular weight excluding hydrogens is 244 g/mol. The third-order valence-electron chi connectivity index (χ3n) is 3.45. The van der Waals surface area contributed by atoms with Gasteiger partial charge < -0.3 is 10.6 Å². The molecule has 0 aliphatic carbocycles. The molecule has 0 saturated carbocycles. The van der Waals surface area contributed by atoms with Crippen LogP contribution in [0, 0.1) is 0 Å². The first-order chi connectivity index (χ1) is 8.78. The molecule has 2 aromatic carbocycles. The lowest BCUT2D eigenvalue weighted by Gasteiger charge is -2.21. The number of nitrogens with two attached hydrogens (primary N) is 1. The average molecular weight is 259 g/mol. The van der Waals surface area contributed by atoms with E-state index < -0.39 is 0 Å². The first-order valence-electron chi connectivity index (χ1n) is 6.08. The number of anilines is 1.